The molecule has 1 N–H and O–H groups in total. The summed E-state index contributed by atoms with van der Waals surface area (Å²) in [4.78, 5) is 42.3. The topological polar surface area (TPSA) is 127 Å². The monoisotopic (exact) mass is 727 g/mol. The van der Waals surface area contributed by atoms with Crippen molar-refractivity contribution in [1.82, 2.24) is 15.0 Å². The zero-order valence-electron chi connectivity index (χ0n) is 30.0. The largest absolute Gasteiger partial charge is 0.469 e. The van der Waals surface area contributed by atoms with Crippen molar-refractivity contribution in [2.45, 2.75) is 75.4 Å². The summed E-state index contributed by atoms with van der Waals surface area (Å²) in [5.74, 6) is -1.46. The molecule has 6 rings (SSSR count). The predicted molar refractivity (Wildman–Crippen MR) is 197 cm³/mol. The zero-order valence-corrected chi connectivity index (χ0v) is 31.0. The van der Waals surface area contributed by atoms with Crippen LogP contribution in [-0.4, -0.2) is 73.2 Å². The summed E-state index contributed by atoms with van der Waals surface area (Å²) in [7, 11) is -2.10. The summed E-state index contributed by atoms with van der Waals surface area (Å²) in [5.41, 5.74) is 1.97. The van der Waals surface area contributed by atoms with Crippen LogP contribution in [0.1, 0.15) is 55.3 Å². The number of nitrogens with zero attached hydrogens (tertiary/aromatic N) is 5. The molecule has 13 heteroatoms. The Labute approximate surface area is 304 Å². The van der Waals surface area contributed by atoms with E-state index in [1.54, 1.807) is 34.9 Å². The average Bonchev–Trinajstić information content (AvgIpc) is 3.80. The number of aliphatic hydroxyl groups excluding tert-OH is 1. The number of aromatic nitrogens is 3. The van der Waals surface area contributed by atoms with Crippen LogP contribution in [0.4, 0.5) is 21.2 Å². The zero-order chi connectivity index (χ0) is 37.0. The molecular weight excluding hydrogens is 682 g/mol. The van der Waals surface area contributed by atoms with Crippen LogP contribution in [-0.2, 0) is 36.0 Å². The van der Waals surface area contributed by atoms with Gasteiger partial charge in [-0.05, 0) is 68.3 Å². The first-order valence-corrected chi connectivity index (χ1v) is 20.7. The molecule has 2 aliphatic heterocycles. The lowest BCUT2D eigenvalue weighted by Crippen LogP contribution is -2.45. The van der Waals surface area contributed by atoms with Gasteiger partial charge in [0, 0.05) is 54.1 Å². The van der Waals surface area contributed by atoms with E-state index < -0.39 is 31.6 Å². The van der Waals surface area contributed by atoms with Crippen LogP contribution in [0.15, 0.2) is 85.1 Å². The van der Waals surface area contributed by atoms with Crippen molar-refractivity contribution in [2.75, 3.05) is 30.1 Å². The highest BCUT2D eigenvalue weighted by molar-refractivity contribution is 6.72. The van der Waals surface area contributed by atoms with Gasteiger partial charge in [-0.1, -0.05) is 60.7 Å². The van der Waals surface area contributed by atoms with Gasteiger partial charge >= 0.3 is 5.97 Å². The Hall–Kier alpha value is -4.72. The number of benzene rings is 3. The number of halogens is 1. The molecule has 0 bridgehead atoms. The van der Waals surface area contributed by atoms with Gasteiger partial charge in [-0.25, -0.2) is 0 Å². The molecule has 1 aromatic heterocycles. The summed E-state index contributed by atoms with van der Waals surface area (Å²) in [6.07, 6.45) is 3.59. The lowest BCUT2D eigenvalue weighted by molar-refractivity contribution is -0.146. The minimum Gasteiger partial charge on any atom is -0.469 e. The number of rotatable bonds is 15. The Morgan fingerprint density at radius 2 is 1.79 bits per heavy atom. The predicted octanol–water partition coefficient (Wildman–Crippen LogP) is 6.25. The minimum absolute atomic E-state index is 0.132. The van der Waals surface area contributed by atoms with Crippen LogP contribution in [0.25, 0.3) is 0 Å². The number of aryl methyl sites for hydroxylation is 1. The number of methoxy groups -OCH3 is 1. The Kier molecular flexibility index (Phi) is 11.0. The first-order chi connectivity index (χ1) is 25.0. The first kappa shape index (κ1) is 37.0. The first-order valence-electron chi connectivity index (χ1n) is 17.8. The summed E-state index contributed by atoms with van der Waals surface area (Å²) in [6.45, 7) is 5.78. The highest BCUT2D eigenvalue weighted by atomic mass is 28.4. The van der Waals surface area contributed by atoms with Gasteiger partial charge in [0.15, 0.2) is 5.60 Å². The number of anilines is 3. The molecule has 0 saturated carbocycles. The van der Waals surface area contributed by atoms with Gasteiger partial charge < -0.3 is 23.6 Å². The van der Waals surface area contributed by atoms with Crippen molar-refractivity contribution < 1.29 is 33.1 Å². The molecule has 2 aliphatic rings. The van der Waals surface area contributed by atoms with Gasteiger partial charge in [0.05, 0.1) is 37.1 Å². The van der Waals surface area contributed by atoms with Crippen molar-refractivity contribution in [1.29, 1.82) is 0 Å². The van der Waals surface area contributed by atoms with E-state index in [9.17, 15) is 19.5 Å². The van der Waals surface area contributed by atoms with Crippen molar-refractivity contribution in [2.24, 2.45) is 5.92 Å². The summed E-state index contributed by atoms with van der Waals surface area (Å²) >= 11 is 0. The van der Waals surface area contributed by atoms with Gasteiger partial charge in [-0.15, -0.1) is 5.10 Å². The molecule has 4 aromatic rings. The number of ether oxygens (including phenoxy) is 2. The van der Waals surface area contributed by atoms with E-state index >= 15 is 4.11 Å². The molecule has 1 unspecified atom stereocenters. The van der Waals surface area contributed by atoms with Crippen molar-refractivity contribution >= 4 is 43.8 Å². The molecule has 0 aliphatic carbocycles. The SMILES string of the molecule is COC(=O)CCCCN1C(=O)[C@@]2(O[C@@H](CCn3cc(C(CO)c4ccccc4)nn3)[C@H]([Si](C)(C)F)[C@H]2C)c2cc(N(C=O)c3ccccc3)ccc21. The van der Waals surface area contributed by atoms with E-state index in [-0.39, 0.29) is 30.8 Å². The number of hydrogen-bond donors (Lipinski definition) is 1. The summed E-state index contributed by atoms with van der Waals surface area (Å²) in [5, 5.41) is 18.8. The second-order valence-electron chi connectivity index (χ2n) is 14.1. The number of amides is 2. The van der Waals surface area contributed by atoms with Crippen LogP contribution < -0.4 is 9.80 Å². The lowest BCUT2D eigenvalue weighted by Gasteiger charge is -2.31. The van der Waals surface area contributed by atoms with Crippen LogP contribution >= 0.6 is 0 Å². The number of fused-ring (bicyclic) bond motifs is 2. The molecule has 11 nitrogen and oxygen atoms in total. The van der Waals surface area contributed by atoms with Crippen LogP contribution in [0.3, 0.4) is 0 Å². The lowest BCUT2D eigenvalue weighted by atomic mass is 9.82. The molecule has 0 radical (unpaired) electrons. The number of unbranched alkanes of at least 4 members (excludes halogenated alkanes) is 1. The molecule has 1 spiro atoms. The third-order valence-electron chi connectivity index (χ3n) is 10.5. The van der Waals surface area contributed by atoms with Gasteiger partial charge in [0.2, 0.25) is 14.8 Å². The van der Waals surface area contributed by atoms with Crippen molar-refractivity contribution in [3.05, 3.63) is 102 Å². The fourth-order valence-electron chi connectivity index (χ4n) is 8.07. The summed E-state index contributed by atoms with van der Waals surface area (Å²) in [6, 6.07) is 24.3. The average molecular weight is 728 g/mol. The fourth-order valence-corrected chi connectivity index (χ4v) is 10.6. The number of para-hydroxylation sites is 1. The Balaban J connectivity index is 1.33. The standard InChI is InChI=1S/C39H46FN5O6Si/c1-27-37(52(3,4)40)35(20-22-43-24-33(41-42-43)31(25-46)28-13-7-5-8-14-28)51-39(27)32-23-30(45(26-47)29-15-9-6-10-16-29)18-19-34(32)44(38(39)49)21-12-11-17-36(48)50-2/h5-10,13-16,18-19,23-24,26-27,31,35,37,46H,11-12,17,20-22,25H2,1-4H3/t27-,31?,35+,37-,39+/m1/s1. The smallest absolute Gasteiger partial charge is 0.305 e. The number of esters is 1. The maximum absolute atomic E-state index is 16.5. The minimum atomic E-state index is -3.45. The molecule has 5 atom stereocenters. The van der Waals surface area contributed by atoms with Gasteiger partial charge in [0.1, 0.15) is 0 Å². The van der Waals surface area contributed by atoms with Crippen LogP contribution in [0.5, 0.6) is 0 Å². The third-order valence-corrected chi connectivity index (χ3v) is 13.0. The normalized spacial score (nSPS) is 21.7. The molecule has 3 aromatic carbocycles. The van der Waals surface area contributed by atoms with Gasteiger partial charge in [0.25, 0.3) is 5.91 Å². The maximum atomic E-state index is 16.5. The second kappa shape index (κ2) is 15.5. The number of hydrogen-bond acceptors (Lipinski definition) is 8. The number of carbonyl (C=O) groups is 3. The molecule has 274 valence electrons. The molecule has 1 fully saturated rings. The van der Waals surface area contributed by atoms with Crippen LogP contribution in [0, 0.1) is 5.92 Å². The highest BCUT2D eigenvalue weighted by Crippen LogP contribution is 2.60. The number of carbonyl (C=O) groups excluding carboxylic acids is 3. The summed E-state index contributed by atoms with van der Waals surface area (Å²) < 4.78 is 29.9. The van der Waals surface area contributed by atoms with E-state index in [4.69, 9.17) is 9.47 Å². The number of aliphatic hydroxyl groups is 1. The molecule has 3 heterocycles. The van der Waals surface area contributed by atoms with E-state index in [0.717, 1.165) is 12.0 Å². The highest BCUT2D eigenvalue weighted by Gasteiger charge is 2.66. The second-order valence-corrected chi connectivity index (χ2v) is 17.9. The fraction of sp³-hybridized carbons (Fsp3) is 0.410. The Bertz CT molecular complexity index is 1870. The van der Waals surface area contributed by atoms with E-state index in [1.165, 1.54) is 12.0 Å². The van der Waals surface area contributed by atoms with E-state index in [1.807, 2.05) is 79.7 Å². The molecular formula is C39H46FN5O6Si. The van der Waals surface area contributed by atoms with Crippen molar-refractivity contribution in [3.8, 4) is 0 Å². The van der Waals surface area contributed by atoms with Crippen LogP contribution in [0.2, 0.25) is 18.6 Å². The Morgan fingerprint density at radius 1 is 1.08 bits per heavy atom. The van der Waals surface area contributed by atoms with E-state index in [2.05, 4.69) is 10.3 Å². The maximum Gasteiger partial charge on any atom is 0.305 e. The van der Waals surface area contributed by atoms with Crippen molar-refractivity contribution in [3.63, 3.8) is 0 Å². The van der Waals surface area contributed by atoms with Gasteiger partial charge in [-0.3, -0.25) is 24.0 Å². The Morgan fingerprint density at radius 3 is 2.44 bits per heavy atom. The quantitative estimate of drug-likeness (QED) is 0.0501. The molecule has 2 amide bonds. The molecule has 52 heavy (non-hydrogen) atoms. The van der Waals surface area contributed by atoms with Gasteiger partial charge in [-0.2, -0.15) is 0 Å². The third kappa shape index (κ3) is 7.04. The van der Waals surface area contributed by atoms with E-state index in [0.29, 0.717) is 60.7 Å². The molecule has 1 saturated heterocycles.